The van der Waals surface area contributed by atoms with Crippen molar-refractivity contribution in [2.24, 2.45) is 0 Å². The summed E-state index contributed by atoms with van der Waals surface area (Å²) in [5, 5.41) is 8.62. The van der Waals surface area contributed by atoms with Crippen LogP contribution in [0.3, 0.4) is 0 Å². The van der Waals surface area contributed by atoms with Crippen molar-refractivity contribution in [1.82, 2.24) is 15.0 Å². The van der Waals surface area contributed by atoms with Gasteiger partial charge in [0.05, 0.1) is 18.1 Å². The third kappa shape index (κ3) is 4.11. The second kappa shape index (κ2) is 6.78. The summed E-state index contributed by atoms with van der Waals surface area (Å²) in [6.45, 7) is 3.13. The molecule has 102 valence electrons. The van der Waals surface area contributed by atoms with E-state index in [1.54, 1.807) is 10.7 Å². The molecule has 0 aliphatic carbocycles. The quantitative estimate of drug-likeness (QED) is 0.764. The number of ether oxygens (including phenoxy) is 1. The molecular weight excluding hydrogens is 285 g/mol. The first-order valence-corrected chi connectivity index (χ1v) is 6.93. The summed E-state index contributed by atoms with van der Waals surface area (Å²) in [5.41, 5.74) is 0.798. The molecule has 2 rings (SSSR count). The number of nitrogens with zero attached hydrogens (tertiary/aromatic N) is 3. The zero-order chi connectivity index (χ0) is 13.7. The van der Waals surface area contributed by atoms with Gasteiger partial charge in [-0.05, 0) is 24.6 Å². The lowest BCUT2D eigenvalue weighted by Crippen LogP contribution is -2.08. The van der Waals surface area contributed by atoms with Crippen LogP contribution in [0.15, 0.2) is 30.5 Å². The van der Waals surface area contributed by atoms with Crippen molar-refractivity contribution in [1.29, 1.82) is 0 Å². The standard InChI is InChI=1S/C13H15Cl2N3O/c1-2-12(15)13-9-18(17-16-13)6-7-19-11-5-3-4-10(14)8-11/h3-5,8-9,12H,2,6-7H2,1H3. The predicted octanol–water partition coefficient (Wildman–Crippen LogP) is 3.70. The maximum absolute atomic E-state index is 6.09. The molecule has 1 atom stereocenters. The predicted molar refractivity (Wildman–Crippen MR) is 75.9 cm³/mol. The highest BCUT2D eigenvalue weighted by atomic mass is 35.5. The molecule has 1 unspecified atom stereocenters. The van der Waals surface area contributed by atoms with Crippen LogP contribution in [0, 0.1) is 0 Å². The molecule has 0 bridgehead atoms. The second-order valence-corrected chi connectivity index (χ2v) is 5.05. The smallest absolute Gasteiger partial charge is 0.120 e. The average molecular weight is 300 g/mol. The van der Waals surface area contributed by atoms with Crippen LogP contribution >= 0.6 is 23.2 Å². The van der Waals surface area contributed by atoms with Crippen molar-refractivity contribution in [3.63, 3.8) is 0 Å². The summed E-state index contributed by atoms with van der Waals surface area (Å²) in [6, 6.07) is 7.30. The van der Waals surface area contributed by atoms with Gasteiger partial charge in [0, 0.05) is 5.02 Å². The first-order chi connectivity index (χ1) is 9.19. The fourth-order valence-electron chi connectivity index (χ4n) is 1.59. The molecule has 0 radical (unpaired) electrons. The van der Waals surface area contributed by atoms with Crippen molar-refractivity contribution >= 4 is 23.2 Å². The highest BCUT2D eigenvalue weighted by molar-refractivity contribution is 6.30. The minimum atomic E-state index is -0.0809. The van der Waals surface area contributed by atoms with E-state index in [2.05, 4.69) is 10.3 Å². The monoisotopic (exact) mass is 299 g/mol. The van der Waals surface area contributed by atoms with Gasteiger partial charge in [-0.1, -0.05) is 29.8 Å². The van der Waals surface area contributed by atoms with E-state index in [1.807, 2.05) is 31.3 Å². The molecule has 0 aliphatic heterocycles. The second-order valence-electron chi connectivity index (χ2n) is 4.09. The van der Waals surface area contributed by atoms with Crippen molar-refractivity contribution in [3.8, 4) is 5.75 Å². The minimum absolute atomic E-state index is 0.0809. The summed E-state index contributed by atoms with van der Waals surface area (Å²) in [6.07, 6.45) is 2.68. The van der Waals surface area contributed by atoms with Gasteiger partial charge in [-0.2, -0.15) is 0 Å². The lowest BCUT2D eigenvalue weighted by atomic mass is 10.3. The van der Waals surface area contributed by atoms with E-state index >= 15 is 0 Å². The molecule has 0 N–H and O–H groups in total. The summed E-state index contributed by atoms with van der Waals surface area (Å²) in [5.74, 6) is 0.747. The van der Waals surface area contributed by atoms with E-state index in [4.69, 9.17) is 27.9 Å². The maximum atomic E-state index is 6.09. The molecule has 4 nitrogen and oxygen atoms in total. The SMILES string of the molecule is CCC(Cl)c1cn(CCOc2cccc(Cl)c2)nn1. The summed E-state index contributed by atoms with van der Waals surface area (Å²) >= 11 is 12.0. The number of aromatic nitrogens is 3. The van der Waals surface area contributed by atoms with Gasteiger partial charge in [0.25, 0.3) is 0 Å². The Hall–Kier alpha value is -1.26. The number of halogens is 2. The number of alkyl halides is 1. The topological polar surface area (TPSA) is 39.9 Å². The van der Waals surface area contributed by atoms with Crippen molar-refractivity contribution in [2.45, 2.75) is 25.3 Å². The highest BCUT2D eigenvalue weighted by Crippen LogP contribution is 2.20. The van der Waals surface area contributed by atoms with Gasteiger partial charge in [0.1, 0.15) is 18.1 Å². The molecule has 0 saturated heterocycles. The Morgan fingerprint density at radius 2 is 2.26 bits per heavy atom. The van der Waals surface area contributed by atoms with E-state index in [-0.39, 0.29) is 5.38 Å². The van der Waals surface area contributed by atoms with Crippen LogP contribution in [0.1, 0.15) is 24.4 Å². The van der Waals surface area contributed by atoms with Gasteiger partial charge in [0.15, 0.2) is 0 Å². The molecule has 1 heterocycles. The molecule has 19 heavy (non-hydrogen) atoms. The molecule has 0 saturated carbocycles. The number of hydrogen-bond donors (Lipinski definition) is 0. The lowest BCUT2D eigenvalue weighted by Gasteiger charge is -2.06. The van der Waals surface area contributed by atoms with Gasteiger partial charge in [-0.15, -0.1) is 16.7 Å². The van der Waals surface area contributed by atoms with Crippen LogP contribution in [0.2, 0.25) is 5.02 Å². The van der Waals surface area contributed by atoms with E-state index < -0.39 is 0 Å². The fourth-order valence-corrected chi connectivity index (χ4v) is 1.87. The lowest BCUT2D eigenvalue weighted by molar-refractivity contribution is 0.289. The first-order valence-electron chi connectivity index (χ1n) is 6.11. The highest BCUT2D eigenvalue weighted by Gasteiger charge is 2.09. The van der Waals surface area contributed by atoms with Crippen LogP contribution in [-0.4, -0.2) is 21.6 Å². The van der Waals surface area contributed by atoms with E-state index in [9.17, 15) is 0 Å². The third-order valence-corrected chi connectivity index (χ3v) is 3.39. The minimum Gasteiger partial charge on any atom is -0.492 e. The Morgan fingerprint density at radius 3 is 3.00 bits per heavy atom. The zero-order valence-electron chi connectivity index (χ0n) is 10.6. The molecule has 1 aromatic carbocycles. The Labute approximate surface area is 122 Å². The van der Waals surface area contributed by atoms with Gasteiger partial charge < -0.3 is 4.74 Å². The Balaban J connectivity index is 1.84. The average Bonchev–Trinajstić information content (AvgIpc) is 2.87. The van der Waals surface area contributed by atoms with Crippen molar-refractivity contribution in [2.75, 3.05) is 6.61 Å². The molecule has 0 spiro atoms. The Bertz CT molecular complexity index is 530. The molecule has 0 aliphatic rings. The van der Waals surface area contributed by atoms with Gasteiger partial charge >= 0.3 is 0 Å². The molecule has 1 aromatic heterocycles. The largest absolute Gasteiger partial charge is 0.492 e. The van der Waals surface area contributed by atoms with Gasteiger partial charge in [-0.3, -0.25) is 0 Å². The fraction of sp³-hybridized carbons (Fsp3) is 0.385. The van der Waals surface area contributed by atoms with Crippen LogP contribution in [0.4, 0.5) is 0 Å². The van der Waals surface area contributed by atoms with Crippen LogP contribution in [0.5, 0.6) is 5.75 Å². The first kappa shape index (κ1) is 14.2. The normalized spacial score (nSPS) is 12.4. The maximum Gasteiger partial charge on any atom is 0.120 e. The Kier molecular flexibility index (Phi) is 5.05. The Morgan fingerprint density at radius 1 is 1.42 bits per heavy atom. The van der Waals surface area contributed by atoms with E-state index in [0.29, 0.717) is 18.2 Å². The number of rotatable bonds is 6. The zero-order valence-corrected chi connectivity index (χ0v) is 12.1. The molecular formula is C13H15Cl2N3O. The van der Waals surface area contributed by atoms with Crippen LogP contribution < -0.4 is 4.74 Å². The van der Waals surface area contributed by atoms with Gasteiger partial charge in [-0.25, -0.2) is 4.68 Å². The number of hydrogen-bond acceptors (Lipinski definition) is 3. The van der Waals surface area contributed by atoms with Crippen LogP contribution in [0.25, 0.3) is 0 Å². The summed E-state index contributed by atoms with van der Waals surface area (Å²) in [4.78, 5) is 0. The van der Waals surface area contributed by atoms with E-state index in [0.717, 1.165) is 17.9 Å². The molecule has 2 aromatic rings. The van der Waals surface area contributed by atoms with Crippen molar-refractivity contribution in [3.05, 3.63) is 41.2 Å². The summed E-state index contributed by atoms with van der Waals surface area (Å²) < 4.78 is 7.31. The molecule has 0 amide bonds. The summed E-state index contributed by atoms with van der Waals surface area (Å²) in [7, 11) is 0. The van der Waals surface area contributed by atoms with E-state index in [1.165, 1.54) is 0 Å². The third-order valence-electron chi connectivity index (χ3n) is 2.62. The molecule has 0 fully saturated rings. The van der Waals surface area contributed by atoms with Gasteiger partial charge in [0.2, 0.25) is 0 Å². The van der Waals surface area contributed by atoms with Crippen molar-refractivity contribution < 1.29 is 4.74 Å². The van der Waals surface area contributed by atoms with Crippen LogP contribution in [-0.2, 0) is 6.54 Å². The number of benzene rings is 1. The molecule has 6 heteroatoms.